The van der Waals surface area contributed by atoms with Crippen molar-refractivity contribution in [1.82, 2.24) is 9.55 Å². The maximum atomic E-state index is 6.35. The third-order valence-corrected chi connectivity index (χ3v) is 4.48. The van der Waals surface area contributed by atoms with Crippen molar-refractivity contribution >= 4 is 22.6 Å². The molecule has 2 aromatic rings. The lowest BCUT2D eigenvalue weighted by Gasteiger charge is -2.18. The Bertz CT molecular complexity index is 620. The van der Waals surface area contributed by atoms with E-state index in [0.29, 0.717) is 12.1 Å². The van der Waals surface area contributed by atoms with Gasteiger partial charge < -0.3 is 9.30 Å². The fourth-order valence-electron chi connectivity index (χ4n) is 3.25. The Hall–Kier alpha value is -1.06. The molecule has 3 rings (SSSR count). The molecule has 0 saturated heterocycles. The molecule has 0 spiro atoms. The highest BCUT2D eigenvalue weighted by Gasteiger charge is 2.29. The van der Waals surface area contributed by atoms with Crippen LogP contribution in [0, 0.1) is 6.92 Å². The fraction of sp³-hybridized carbons (Fsp3) is 0.562. The zero-order valence-corrected chi connectivity index (χ0v) is 13.0. The van der Waals surface area contributed by atoms with Gasteiger partial charge in [-0.25, -0.2) is 4.98 Å². The lowest BCUT2D eigenvalue weighted by atomic mass is 10.2. The molecule has 4 heteroatoms. The van der Waals surface area contributed by atoms with E-state index in [-0.39, 0.29) is 5.38 Å². The van der Waals surface area contributed by atoms with Gasteiger partial charge in [0.1, 0.15) is 5.82 Å². The Morgan fingerprint density at radius 3 is 2.85 bits per heavy atom. The largest absolute Gasteiger partial charge is 0.381 e. The van der Waals surface area contributed by atoms with Crippen molar-refractivity contribution in [1.29, 1.82) is 0 Å². The van der Waals surface area contributed by atoms with Crippen LogP contribution in [0.4, 0.5) is 0 Å². The molecule has 0 bridgehead atoms. The average molecular weight is 293 g/mol. The quantitative estimate of drug-likeness (QED) is 0.785. The second kappa shape index (κ2) is 5.38. The van der Waals surface area contributed by atoms with Gasteiger partial charge in [0.2, 0.25) is 0 Å². The first-order valence-corrected chi connectivity index (χ1v) is 7.69. The van der Waals surface area contributed by atoms with E-state index in [0.717, 1.165) is 30.6 Å². The van der Waals surface area contributed by atoms with E-state index in [1.807, 2.05) is 6.92 Å². The van der Waals surface area contributed by atoms with Crippen LogP contribution in [-0.4, -0.2) is 22.8 Å². The van der Waals surface area contributed by atoms with Crippen molar-refractivity contribution in [3.05, 3.63) is 29.6 Å². The van der Waals surface area contributed by atoms with Crippen molar-refractivity contribution in [2.75, 3.05) is 7.11 Å². The lowest BCUT2D eigenvalue weighted by Crippen LogP contribution is -2.12. The zero-order chi connectivity index (χ0) is 14.3. The Kier molecular flexibility index (Phi) is 3.74. The Labute approximate surface area is 124 Å². The summed E-state index contributed by atoms with van der Waals surface area (Å²) in [6, 6.07) is 6.86. The number of fused-ring (bicyclic) bond motifs is 1. The fourth-order valence-corrected chi connectivity index (χ4v) is 3.41. The summed E-state index contributed by atoms with van der Waals surface area (Å²) >= 11 is 6.35. The molecular formula is C16H21ClN2O. The molecule has 1 aliphatic carbocycles. The van der Waals surface area contributed by atoms with Gasteiger partial charge in [-0.05, 0) is 50.8 Å². The van der Waals surface area contributed by atoms with E-state index in [2.05, 4.69) is 29.7 Å². The van der Waals surface area contributed by atoms with Crippen molar-refractivity contribution in [2.45, 2.75) is 50.6 Å². The van der Waals surface area contributed by atoms with E-state index >= 15 is 0 Å². The minimum Gasteiger partial charge on any atom is -0.381 e. The van der Waals surface area contributed by atoms with Crippen LogP contribution < -0.4 is 0 Å². The number of rotatable bonds is 3. The highest BCUT2D eigenvalue weighted by Crippen LogP contribution is 2.37. The van der Waals surface area contributed by atoms with Crippen molar-refractivity contribution in [3.63, 3.8) is 0 Å². The zero-order valence-electron chi connectivity index (χ0n) is 12.3. The molecule has 1 aromatic heterocycles. The molecule has 1 heterocycles. The number of hydrogen-bond donors (Lipinski definition) is 0. The van der Waals surface area contributed by atoms with Crippen molar-refractivity contribution in [3.8, 4) is 0 Å². The Balaban J connectivity index is 2.11. The lowest BCUT2D eigenvalue weighted by molar-refractivity contribution is 0.106. The number of methoxy groups -OCH3 is 1. The SMILES string of the molecule is COC1CCC(n2c(C(C)Cl)nc3ccc(C)cc32)C1. The minimum absolute atomic E-state index is 0.0794. The van der Waals surface area contributed by atoms with Gasteiger partial charge in [0, 0.05) is 13.2 Å². The van der Waals surface area contributed by atoms with Crippen molar-refractivity contribution in [2.24, 2.45) is 0 Å². The van der Waals surface area contributed by atoms with Gasteiger partial charge in [-0.1, -0.05) is 6.07 Å². The molecule has 0 radical (unpaired) electrons. The number of aromatic nitrogens is 2. The van der Waals surface area contributed by atoms with Gasteiger partial charge in [0.15, 0.2) is 0 Å². The number of hydrogen-bond acceptors (Lipinski definition) is 2. The van der Waals surface area contributed by atoms with Gasteiger partial charge in [-0.2, -0.15) is 0 Å². The normalized spacial score (nSPS) is 24.4. The third-order valence-electron chi connectivity index (χ3n) is 4.28. The maximum absolute atomic E-state index is 6.35. The second-order valence-electron chi connectivity index (χ2n) is 5.77. The summed E-state index contributed by atoms with van der Waals surface area (Å²) in [6.07, 6.45) is 3.66. The molecule has 1 aromatic carbocycles. The summed E-state index contributed by atoms with van der Waals surface area (Å²) in [4.78, 5) is 4.74. The van der Waals surface area contributed by atoms with Gasteiger partial charge >= 0.3 is 0 Å². The summed E-state index contributed by atoms with van der Waals surface area (Å²) in [5.41, 5.74) is 3.50. The van der Waals surface area contributed by atoms with E-state index in [1.54, 1.807) is 7.11 Å². The standard InChI is InChI=1S/C16H21ClN2O/c1-10-4-7-14-15(8-10)19(16(18-14)11(2)17)12-5-6-13(9-12)20-3/h4,7-8,11-13H,5-6,9H2,1-3H3. The van der Waals surface area contributed by atoms with E-state index in [1.165, 1.54) is 11.1 Å². The predicted molar refractivity (Wildman–Crippen MR) is 82.4 cm³/mol. The van der Waals surface area contributed by atoms with E-state index < -0.39 is 0 Å². The maximum Gasteiger partial charge on any atom is 0.127 e. The monoisotopic (exact) mass is 292 g/mol. The highest BCUT2D eigenvalue weighted by molar-refractivity contribution is 6.20. The van der Waals surface area contributed by atoms with Crippen LogP contribution in [0.1, 0.15) is 49.0 Å². The molecule has 1 fully saturated rings. The molecule has 0 N–H and O–H groups in total. The number of nitrogens with zero attached hydrogens (tertiary/aromatic N) is 2. The topological polar surface area (TPSA) is 27.1 Å². The number of aryl methyl sites for hydroxylation is 1. The van der Waals surface area contributed by atoms with Crippen LogP contribution in [0.2, 0.25) is 0 Å². The summed E-state index contributed by atoms with van der Waals surface area (Å²) in [6.45, 7) is 4.11. The molecule has 1 aliphatic rings. The molecule has 0 amide bonds. The van der Waals surface area contributed by atoms with Gasteiger partial charge in [0.05, 0.1) is 22.5 Å². The molecule has 108 valence electrons. The number of imidazole rings is 1. The summed E-state index contributed by atoms with van der Waals surface area (Å²) in [7, 11) is 1.80. The van der Waals surface area contributed by atoms with Crippen molar-refractivity contribution < 1.29 is 4.74 Å². The van der Waals surface area contributed by atoms with Crippen LogP contribution in [-0.2, 0) is 4.74 Å². The number of alkyl halides is 1. The predicted octanol–water partition coefficient (Wildman–Crippen LogP) is 4.38. The van der Waals surface area contributed by atoms with E-state index in [4.69, 9.17) is 21.3 Å². The highest BCUT2D eigenvalue weighted by atomic mass is 35.5. The number of halogens is 1. The Morgan fingerprint density at radius 1 is 1.40 bits per heavy atom. The first-order valence-electron chi connectivity index (χ1n) is 7.25. The number of benzene rings is 1. The molecule has 3 nitrogen and oxygen atoms in total. The summed E-state index contributed by atoms with van der Waals surface area (Å²) in [5, 5.41) is -0.0794. The number of ether oxygens (including phenoxy) is 1. The van der Waals surface area contributed by atoms with Crippen LogP contribution in [0.15, 0.2) is 18.2 Å². The summed E-state index contributed by atoms with van der Waals surface area (Å²) < 4.78 is 7.86. The molecule has 0 aliphatic heterocycles. The van der Waals surface area contributed by atoms with Crippen LogP contribution >= 0.6 is 11.6 Å². The third kappa shape index (κ3) is 2.33. The van der Waals surface area contributed by atoms with Crippen LogP contribution in [0.3, 0.4) is 0 Å². The van der Waals surface area contributed by atoms with Gasteiger partial charge in [-0.15, -0.1) is 11.6 Å². The second-order valence-corrected chi connectivity index (χ2v) is 6.43. The first-order chi connectivity index (χ1) is 9.60. The molecular weight excluding hydrogens is 272 g/mol. The molecule has 3 atom stereocenters. The first kappa shape index (κ1) is 13.9. The molecule has 3 unspecified atom stereocenters. The van der Waals surface area contributed by atoms with E-state index in [9.17, 15) is 0 Å². The van der Waals surface area contributed by atoms with Crippen LogP contribution in [0.5, 0.6) is 0 Å². The smallest absolute Gasteiger partial charge is 0.127 e. The Morgan fingerprint density at radius 2 is 2.20 bits per heavy atom. The van der Waals surface area contributed by atoms with Gasteiger partial charge in [-0.3, -0.25) is 0 Å². The van der Waals surface area contributed by atoms with Crippen LogP contribution in [0.25, 0.3) is 11.0 Å². The molecule has 20 heavy (non-hydrogen) atoms. The average Bonchev–Trinajstić information content (AvgIpc) is 3.01. The molecule has 1 saturated carbocycles. The van der Waals surface area contributed by atoms with Gasteiger partial charge in [0.25, 0.3) is 0 Å². The minimum atomic E-state index is -0.0794. The summed E-state index contributed by atoms with van der Waals surface area (Å²) in [5.74, 6) is 0.981.